The highest BCUT2D eigenvalue weighted by Crippen LogP contribution is 2.36. The van der Waals surface area contributed by atoms with Gasteiger partial charge >= 0.3 is 0 Å². The molecule has 0 saturated carbocycles. The van der Waals surface area contributed by atoms with E-state index in [2.05, 4.69) is 36.1 Å². The summed E-state index contributed by atoms with van der Waals surface area (Å²) in [5.74, 6) is 0. The van der Waals surface area contributed by atoms with Gasteiger partial charge in [0.2, 0.25) is 0 Å². The highest BCUT2D eigenvalue weighted by molar-refractivity contribution is 7.15. The van der Waals surface area contributed by atoms with Crippen LogP contribution in [0.3, 0.4) is 0 Å². The van der Waals surface area contributed by atoms with Gasteiger partial charge in [-0.2, -0.15) is 0 Å². The standard InChI is InChI=1S/C17H24Cl3N3OSSi/c1-4-26(5-2,6-3)24-14(17-12(18)7-21-8-13(17)19)9-22-11-16-23-10-15(20)25-16/h7-8,10,14,22H,4-6,9,11H2,1-3H3. The molecule has 144 valence electrons. The summed E-state index contributed by atoms with van der Waals surface area (Å²) < 4.78 is 7.40. The molecule has 2 heterocycles. The average molecular weight is 453 g/mol. The van der Waals surface area contributed by atoms with Gasteiger partial charge < -0.3 is 9.74 Å². The smallest absolute Gasteiger partial charge is 0.192 e. The molecule has 2 aromatic heterocycles. The third-order valence-electron chi connectivity index (χ3n) is 4.67. The number of nitrogens with one attached hydrogen (secondary N) is 1. The quantitative estimate of drug-likeness (QED) is 0.426. The fourth-order valence-electron chi connectivity index (χ4n) is 2.91. The van der Waals surface area contributed by atoms with Crippen molar-refractivity contribution in [2.24, 2.45) is 0 Å². The Morgan fingerprint density at radius 1 is 1.08 bits per heavy atom. The van der Waals surface area contributed by atoms with E-state index in [0.29, 0.717) is 27.5 Å². The van der Waals surface area contributed by atoms with Crippen LogP contribution in [0.25, 0.3) is 0 Å². The van der Waals surface area contributed by atoms with E-state index in [0.717, 1.165) is 28.7 Å². The second-order valence-electron chi connectivity index (χ2n) is 6.06. The second-order valence-corrected chi connectivity index (χ2v) is 13.3. The van der Waals surface area contributed by atoms with Crippen LogP contribution in [0.2, 0.25) is 32.5 Å². The number of halogens is 3. The van der Waals surface area contributed by atoms with E-state index >= 15 is 0 Å². The van der Waals surface area contributed by atoms with Gasteiger partial charge in [0.1, 0.15) is 9.34 Å². The number of thiazole rings is 1. The van der Waals surface area contributed by atoms with Crippen molar-refractivity contribution in [3.63, 3.8) is 0 Å². The van der Waals surface area contributed by atoms with Crippen LogP contribution in [0.15, 0.2) is 18.6 Å². The average Bonchev–Trinajstić information content (AvgIpc) is 3.04. The van der Waals surface area contributed by atoms with Gasteiger partial charge in [-0.1, -0.05) is 55.6 Å². The Morgan fingerprint density at radius 3 is 2.19 bits per heavy atom. The summed E-state index contributed by atoms with van der Waals surface area (Å²) in [5, 5.41) is 5.42. The van der Waals surface area contributed by atoms with Crippen molar-refractivity contribution in [1.29, 1.82) is 0 Å². The van der Waals surface area contributed by atoms with E-state index in [1.54, 1.807) is 18.6 Å². The van der Waals surface area contributed by atoms with Gasteiger partial charge in [0.25, 0.3) is 0 Å². The number of pyridine rings is 1. The van der Waals surface area contributed by atoms with Crippen LogP contribution >= 0.6 is 46.1 Å². The normalized spacial score (nSPS) is 13.2. The molecule has 1 N–H and O–H groups in total. The molecule has 0 saturated heterocycles. The minimum atomic E-state index is -1.85. The lowest BCUT2D eigenvalue weighted by molar-refractivity contribution is 0.186. The predicted molar refractivity (Wildman–Crippen MR) is 114 cm³/mol. The van der Waals surface area contributed by atoms with Crippen LogP contribution in [0, 0.1) is 0 Å². The van der Waals surface area contributed by atoms with E-state index in [4.69, 9.17) is 39.2 Å². The SMILES string of the molecule is CC[Si](CC)(CC)OC(CNCc1ncc(Cl)s1)c1c(Cl)cncc1Cl. The van der Waals surface area contributed by atoms with E-state index < -0.39 is 8.32 Å². The third kappa shape index (κ3) is 5.64. The molecule has 0 amide bonds. The molecule has 2 rings (SSSR count). The summed E-state index contributed by atoms with van der Waals surface area (Å²) in [6.45, 7) is 7.83. The van der Waals surface area contributed by atoms with Crippen LogP contribution in [0.1, 0.15) is 37.4 Å². The van der Waals surface area contributed by atoms with Crippen molar-refractivity contribution in [1.82, 2.24) is 15.3 Å². The molecule has 2 aromatic rings. The molecule has 0 radical (unpaired) electrons. The molecule has 0 aliphatic carbocycles. The predicted octanol–water partition coefficient (Wildman–Crippen LogP) is 6.35. The maximum atomic E-state index is 6.71. The van der Waals surface area contributed by atoms with Crippen molar-refractivity contribution in [2.75, 3.05) is 6.54 Å². The summed E-state index contributed by atoms with van der Waals surface area (Å²) in [7, 11) is -1.85. The lowest BCUT2D eigenvalue weighted by Gasteiger charge is -2.34. The molecular formula is C17H24Cl3N3OSSi. The summed E-state index contributed by atoms with van der Waals surface area (Å²) in [6, 6.07) is 3.16. The first-order valence-corrected chi connectivity index (χ1v) is 13.2. The van der Waals surface area contributed by atoms with Gasteiger partial charge in [-0.15, -0.1) is 11.3 Å². The van der Waals surface area contributed by atoms with Gasteiger partial charge in [0.05, 0.1) is 22.3 Å². The minimum absolute atomic E-state index is 0.222. The molecule has 0 bridgehead atoms. The molecule has 26 heavy (non-hydrogen) atoms. The van der Waals surface area contributed by atoms with Crippen LogP contribution in [0.5, 0.6) is 0 Å². The lowest BCUT2D eigenvalue weighted by Crippen LogP contribution is -2.40. The fourth-order valence-corrected chi connectivity index (χ4v) is 7.25. The molecule has 4 nitrogen and oxygen atoms in total. The Balaban J connectivity index is 2.20. The Hall–Kier alpha value is -0.213. The van der Waals surface area contributed by atoms with Gasteiger partial charge in [-0.3, -0.25) is 4.98 Å². The zero-order valence-corrected chi connectivity index (χ0v) is 19.3. The monoisotopic (exact) mass is 451 g/mol. The number of hydrogen-bond acceptors (Lipinski definition) is 5. The maximum Gasteiger partial charge on any atom is 0.192 e. The molecule has 1 atom stereocenters. The van der Waals surface area contributed by atoms with E-state index in [1.165, 1.54) is 11.3 Å². The van der Waals surface area contributed by atoms with Gasteiger partial charge in [0, 0.05) is 31.0 Å². The van der Waals surface area contributed by atoms with Gasteiger partial charge in [-0.25, -0.2) is 4.98 Å². The Bertz CT molecular complexity index is 684. The zero-order valence-electron chi connectivity index (χ0n) is 15.2. The molecule has 0 aromatic carbocycles. The Morgan fingerprint density at radius 2 is 1.69 bits per heavy atom. The van der Waals surface area contributed by atoms with Crippen LogP contribution < -0.4 is 5.32 Å². The maximum absolute atomic E-state index is 6.71. The summed E-state index contributed by atoms with van der Waals surface area (Å²) in [5.41, 5.74) is 0.806. The molecule has 0 fully saturated rings. The zero-order chi connectivity index (χ0) is 19.2. The molecule has 0 aliphatic rings. The first-order chi connectivity index (χ1) is 12.4. The highest BCUT2D eigenvalue weighted by atomic mass is 35.5. The second kappa shape index (κ2) is 10.4. The van der Waals surface area contributed by atoms with Crippen molar-refractivity contribution in [3.8, 4) is 0 Å². The van der Waals surface area contributed by atoms with E-state index in [1.807, 2.05) is 0 Å². The number of nitrogens with zero attached hydrogens (tertiary/aromatic N) is 2. The van der Waals surface area contributed by atoms with E-state index in [9.17, 15) is 0 Å². The van der Waals surface area contributed by atoms with Crippen molar-refractivity contribution in [3.05, 3.63) is 43.5 Å². The molecule has 1 unspecified atom stereocenters. The van der Waals surface area contributed by atoms with Crippen LogP contribution in [-0.4, -0.2) is 24.8 Å². The number of rotatable bonds is 10. The van der Waals surface area contributed by atoms with Crippen molar-refractivity contribution >= 4 is 54.5 Å². The summed E-state index contributed by atoms with van der Waals surface area (Å²) in [4.78, 5) is 8.34. The number of aromatic nitrogens is 2. The summed E-state index contributed by atoms with van der Waals surface area (Å²) >= 11 is 20.2. The van der Waals surface area contributed by atoms with Crippen molar-refractivity contribution in [2.45, 2.75) is 51.6 Å². The first kappa shape index (κ1) is 22.1. The van der Waals surface area contributed by atoms with Crippen LogP contribution in [-0.2, 0) is 11.0 Å². The van der Waals surface area contributed by atoms with Crippen molar-refractivity contribution < 1.29 is 4.43 Å². The summed E-state index contributed by atoms with van der Waals surface area (Å²) in [6.07, 6.45) is 4.68. The number of hydrogen-bond donors (Lipinski definition) is 1. The molecule has 0 aliphatic heterocycles. The lowest BCUT2D eigenvalue weighted by atomic mass is 10.1. The van der Waals surface area contributed by atoms with Gasteiger partial charge in [0.15, 0.2) is 8.32 Å². The molecular weight excluding hydrogens is 429 g/mol. The largest absolute Gasteiger partial charge is 0.409 e. The first-order valence-electron chi connectivity index (χ1n) is 8.72. The minimum Gasteiger partial charge on any atom is -0.409 e. The Labute approximate surface area is 175 Å². The van der Waals surface area contributed by atoms with E-state index in [-0.39, 0.29) is 6.10 Å². The van der Waals surface area contributed by atoms with Gasteiger partial charge in [-0.05, 0) is 18.1 Å². The molecule has 9 heteroatoms. The fraction of sp³-hybridized carbons (Fsp3) is 0.529. The third-order valence-corrected chi connectivity index (χ3v) is 11.0. The Kier molecular flexibility index (Phi) is 8.80. The highest BCUT2D eigenvalue weighted by Gasteiger charge is 2.34. The van der Waals surface area contributed by atoms with Crippen LogP contribution in [0.4, 0.5) is 0 Å². The molecule has 0 spiro atoms. The topological polar surface area (TPSA) is 47.0 Å².